The molecule has 0 saturated carbocycles. The lowest BCUT2D eigenvalue weighted by Crippen LogP contribution is -2.45. The highest BCUT2D eigenvalue weighted by molar-refractivity contribution is 6.23. The van der Waals surface area contributed by atoms with Crippen LogP contribution in [0.1, 0.15) is 25.0 Å². The molecule has 0 bridgehead atoms. The van der Waals surface area contributed by atoms with Gasteiger partial charge in [-0.15, -0.1) is 11.6 Å². The van der Waals surface area contributed by atoms with Gasteiger partial charge in [-0.1, -0.05) is 0 Å². The summed E-state index contributed by atoms with van der Waals surface area (Å²) >= 11 is 5.63. The zero-order valence-electron chi connectivity index (χ0n) is 12.8. The molecule has 0 atom stereocenters. The molecular formula is C15H13ClF3N3O2. The van der Waals surface area contributed by atoms with Gasteiger partial charge in [0.1, 0.15) is 5.54 Å². The van der Waals surface area contributed by atoms with E-state index in [1.165, 1.54) is 24.8 Å². The number of anilines is 1. The van der Waals surface area contributed by atoms with Crippen LogP contribution in [-0.4, -0.2) is 34.8 Å². The highest BCUT2D eigenvalue weighted by Gasteiger charge is 2.51. The fourth-order valence-corrected chi connectivity index (χ4v) is 2.70. The summed E-state index contributed by atoms with van der Waals surface area (Å²) in [4.78, 5) is 26.9. The Balaban J connectivity index is 2.55. The van der Waals surface area contributed by atoms with Gasteiger partial charge in [-0.05, 0) is 32.0 Å². The van der Waals surface area contributed by atoms with E-state index in [2.05, 4.69) is 0 Å². The molecule has 9 heteroatoms. The molecule has 0 N–H and O–H groups in total. The van der Waals surface area contributed by atoms with Gasteiger partial charge in [0.25, 0.3) is 5.91 Å². The smallest absolute Gasteiger partial charge is 0.309 e. The first-order valence-corrected chi connectivity index (χ1v) is 7.42. The molecule has 1 aliphatic rings. The minimum atomic E-state index is -4.78. The molecule has 128 valence electrons. The van der Waals surface area contributed by atoms with Gasteiger partial charge in [-0.25, -0.2) is 9.69 Å². The Morgan fingerprint density at radius 1 is 1.29 bits per heavy atom. The molecule has 5 nitrogen and oxygen atoms in total. The predicted octanol–water partition coefficient (Wildman–Crippen LogP) is 3.36. The third-order valence-electron chi connectivity index (χ3n) is 3.82. The van der Waals surface area contributed by atoms with Crippen LogP contribution in [-0.2, 0) is 11.0 Å². The number of rotatable bonds is 3. The van der Waals surface area contributed by atoms with Crippen LogP contribution in [0.2, 0.25) is 0 Å². The number of alkyl halides is 4. The second kappa shape index (κ2) is 5.98. The van der Waals surface area contributed by atoms with Crippen molar-refractivity contribution >= 4 is 29.2 Å². The largest absolute Gasteiger partial charge is 0.417 e. The number of halogens is 4. The quantitative estimate of drug-likeness (QED) is 0.614. The third kappa shape index (κ3) is 2.80. The van der Waals surface area contributed by atoms with E-state index in [1.54, 1.807) is 0 Å². The molecule has 1 fully saturated rings. The molecule has 3 amide bonds. The Hall–Kier alpha value is -2.27. The zero-order valence-corrected chi connectivity index (χ0v) is 13.6. The zero-order chi connectivity index (χ0) is 18.3. The summed E-state index contributed by atoms with van der Waals surface area (Å²) in [6.45, 7) is 3.07. The van der Waals surface area contributed by atoms with Crippen LogP contribution >= 0.6 is 11.6 Å². The number of benzene rings is 1. The molecule has 1 saturated heterocycles. The number of carbonyl (C=O) groups is 2. The van der Waals surface area contributed by atoms with Crippen molar-refractivity contribution in [3.63, 3.8) is 0 Å². The Morgan fingerprint density at radius 2 is 1.92 bits per heavy atom. The molecule has 1 aliphatic heterocycles. The Bertz CT molecular complexity index is 740. The van der Waals surface area contributed by atoms with E-state index < -0.39 is 34.8 Å². The molecule has 0 unspecified atom stereocenters. The monoisotopic (exact) mass is 359 g/mol. The highest BCUT2D eigenvalue weighted by Crippen LogP contribution is 2.37. The average molecular weight is 360 g/mol. The number of hydrogen-bond acceptors (Lipinski definition) is 3. The number of imide groups is 1. The van der Waals surface area contributed by atoms with E-state index in [-0.39, 0.29) is 18.1 Å². The number of carbonyl (C=O) groups excluding carboxylic acids is 2. The van der Waals surface area contributed by atoms with E-state index in [0.717, 1.165) is 12.1 Å². The first kappa shape index (κ1) is 18.1. The topological polar surface area (TPSA) is 64.4 Å². The number of urea groups is 1. The van der Waals surface area contributed by atoms with Crippen molar-refractivity contribution in [1.82, 2.24) is 4.90 Å². The van der Waals surface area contributed by atoms with Crippen molar-refractivity contribution < 1.29 is 22.8 Å². The van der Waals surface area contributed by atoms with Crippen molar-refractivity contribution in [2.45, 2.75) is 25.6 Å². The Labute approximate surface area is 141 Å². The molecule has 0 spiro atoms. The summed E-state index contributed by atoms with van der Waals surface area (Å²) < 4.78 is 39.2. The second-order valence-corrected chi connectivity index (χ2v) is 6.04. The molecule has 0 aliphatic carbocycles. The van der Waals surface area contributed by atoms with E-state index >= 15 is 0 Å². The number of nitrogens with zero attached hydrogens (tertiary/aromatic N) is 3. The molecule has 24 heavy (non-hydrogen) atoms. The molecule has 1 heterocycles. The third-order valence-corrected chi connectivity index (χ3v) is 3.99. The summed E-state index contributed by atoms with van der Waals surface area (Å²) in [5.74, 6) is -0.576. The van der Waals surface area contributed by atoms with Crippen molar-refractivity contribution in [1.29, 1.82) is 5.26 Å². The minimum absolute atomic E-state index is 0.0808. The maximum atomic E-state index is 13.1. The van der Waals surface area contributed by atoms with Gasteiger partial charge in [-0.3, -0.25) is 4.79 Å². The van der Waals surface area contributed by atoms with Gasteiger partial charge in [0.15, 0.2) is 0 Å². The van der Waals surface area contributed by atoms with Crippen LogP contribution in [0.4, 0.5) is 23.7 Å². The van der Waals surface area contributed by atoms with Gasteiger partial charge in [0.2, 0.25) is 0 Å². The van der Waals surface area contributed by atoms with Crippen molar-refractivity contribution in [3.8, 4) is 6.07 Å². The Morgan fingerprint density at radius 3 is 2.42 bits per heavy atom. The molecule has 0 aromatic heterocycles. The minimum Gasteiger partial charge on any atom is -0.309 e. The maximum Gasteiger partial charge on any atom is 0.417 e. The van der Waals surface area contributed by atoms with E-state index in [9.17, 15) is 22.8 Å². The molecule has 2 rings (SSSR count). The van der Waals surface area contributed by atoms with Gasteiger partial charge < -0.3 is 4.90 Å². The summed E-state index contributed by atoms with van der Waals surface area (Å²) in [6, 6.07) is 3.42. The van der Waals surface area contributed by atoms with Crippen molar-refractivity contribution in [2.75, 3.05) is 17.3 Å². The second-order valence-electron chi connectivity index (χ2n) is 5.66. The SMILES string of the molecule is CC1(C)C(=O)N(c2ccc(C#N)c(C(F)(F)F)c2)C(=O)N1CCCl. The maximum absolute atomic E-state index is 13.1. The fourth-order valence-electron chi connectivity index (χ4n) is 2.53. The normalized spacial score (nSPS) is 17.4. The lowest BCUT2D eigenvalue weighted by Gasteiger charge is -2.26. The number of nitriles is 1. The van der Waals surface area contributed by atoms with Crippen LogP contribution in [0.25, 0.3) is 0 Å². The van der Waals surface area contributed by atoms with E-state index in [0.29, 0.717) is 11.0 Å². The first-order chi connectivity index (χ1) is 11.1. The first-order valence-electron chi connectivity index (χ1n) is 6.89. The average Bonchev–Trinajstić information content (AvgIpc) is 2.66. The molecule has 1 aromatic rings. The Kier molecular flexibility index (Phi) is 4.50. The summed E-state index contributed by atoms with van der Waals surface area (Å²) in [6.07, 6.45) is -4.78. The lowest BCUT2D eigenvalue weighted by atomic mass is 10.0. The van der Waals surface area contributed by atoms with Crippen LogP contribution in [0.3, 0.4) is 0 Å². The fraction of sp³-hybridized carbons (Fsp3) is 0.400. The van der Waals surface area contributed by atoms with Crippen molar-refractivity contribution in [2.24, 2.45) is 0 Å². The predicted molar refractivity (Wildman–Crippen MR) is 80.5 cm³/mol. The van der Waals surface area contributed by atoms with Crippen LogP contribution in [0.5, 0.6) is 0 Å². The molecular weight excluding hydrogens is 347 g/mol. The van der Waals surface area contributed by atoms with Gasteiger partial charge in [-0.2, -0.15) is 18.4 Å². The molecule has 1 aromatic carbocycles. The molecule has 0 radical (unpaired) electrons. The number of hydrogen-bond donors (Lipinski definition) is 0. The highest BCUT2D eigenvalue weighted by atomic mass is 35.5. The standard InChI is InChI=1S/C15H13ClF3N3O2/c1-14(2)12(23)22(13(24)21(14)6-5-16)10-4-3-9(8-20)11(7-10)15(17,18)19/h3-4,7H,5-6H2,1-2H3. The van der Waals surface area contributed by atoms with Crippen LogP contribution in [0.15, 0.2) is 18.2 Å². The van der Waals surface area contributed by atoms with Crippen LogP contribution < -0.4 is 4.90 Å². The summed E-state index contributed by atoms with van der Waals surface area (Å²) in [5.41, 5.74) is -3.24. The van der Waals surface area contributed by atoms with Crippen molar-refractivity contribution in [3.05, 3.63) is 29.3 Å². The van der Waals surface area contributed by atoms with E-state index in [1.807, 2.05) is 0 Å². The van der Waals surface area contributed by atoms with Gasteiger partial charge in [0.05, 0.1) is 22.9 Å². The number of amides is 3. The van der Waals surface area contributed by atoms with Gasteiger partial charge in [0, 0.05) is 12.4 Å². The van der Waals surface area contributed by atoms with E-state index in [4.69, 9.17) is 16.9 Å². The van der Waals surface area contributed by atoms with Crippen LogP contribution in [0, 0.1) is 11.3 Å². The lowest BCUT2D eigenvalue weighted by molar-refractivity contribution is -0.137. The summed E-state index contributed by atoms with van der Waals surface area (Å²) in [5, 5.41) is 8.82. The summed E-state index contributed by atoms with van der Waals surface area (Å²) in [7, 11) is 0. The van der Waals surface area contributed by atoms with Gasteiger partial charge >= 0.3 is 12.2 Å².